The molecule has 3 nitrogen and oxygen atoms in total. The highest BCUT2D eigenvalue weighted by molar-refractivity contribution is 6.30. The molecule has 7 heteroatoms. The number of benzene rings is 1. The normalized spacial score (nSPS) is 13.2. The Hall–Kier alpha value is -1.43. The fourth-order valence-electron chi connectivity index (χ4n) is 1.43. The van der Waals surface area contributed by atoms with Crippen molar-refractivity contribution in [1.82, 2.24) is 0 Å². The predicted molar refractivity (Wildman–Crippen MR) is 61.8 cm³/mol. The molecule has 0 aliphatic heterocycles. The van der Waals surface area contributed by atoms with Crippen LogP contribution in [0.5, 0.6) is 0 Å². The molecule has 1 unspecified atom stereocenters. The molecule has 0 bridgehead atoms. The first-order valence-corrected chi connectivity index (χ1v) is 5.42. The van der Waals surface area contributed by atoms with Crippen molar-refractivity contribution >= 4 is 23.3 Å². The van der Waals surface area contributed by atoms with Crippen LogP contribution >= 0.6 is 11.6 Å². The van der Waals surface area contributed by atoms with Crippen molar-refractivity contribution in [3.05, 3.63) is 28.8 Å². The molecule has 0 saturated carbocycles. The molecule has 0 spiro atoms. The monoisotopic (exact) mass is 281 g/mol. The van der Waals surface area contributed by atoms with E-state index in [1.54, 1.807) is 6.92 Å². The van der Waals surface area contributed by atoms with Crippen LogP contribution < -0.4 is 5.32 Å². The van der Waals surface area contributed by atoms with E-state index >= 15 is 0 Å². The smallest absolute Gasteiger partial charge is 0.416 e. The highest BCUT2D eigenvalue weighted by Gasteiger charge is 2.31. The van der Waals surface area contributed by atoms with Crippen molar-refractivity contribution in [3.63, 3.8) is 0 Å². The van der Waals surface area contributed by atoms with Gasteiger partial charge in [-0.15, -0.1) is 0 Å². The maximum absolute atomic E-state index is 12.5. The minimum absolute atomic E-state index is 0.0603. The number of hydrogen-bond acceptors (Lipinski definition) is 2. The van der Waals surface area contributed by atoms with Gasteiger partial charge in [0.1, 0.15) is 0 Å². The van der Waals surface area contributed by atoms with E-state index in [-0.39, 0.29) is 17.1 Å². The lowest BCUT2D eigenvalue weighted by Gasteiger charge is -2.15. The molecule has 0 amide bonds. The lowest BCUT2D eigenvalue weighted by molar-refractivity contribution is -0.138. The molecule has 0 aromatic heterocycles. The molecule has 0 heterocycles. The SMILES string of the molecule is CC(CC(=O)O)Nc1cc(Cl)cc(C(F)(F)F)c1. The second kappa shape index (κ2) is 5.48. The van der Waals surface area contributed by atoms with Crippen LogP contribution in [-0.4, -0.2) is 17.1 Å². The van der Waals surface area contributed by atoms with E-state index < -0.39 is 23.8 Å². The van der Waals surface area contributed by atoms with Crippen LogP contribution in [0.3, 0.4) is 0 Å². The summed E-state index contributed by atoms with van der Waals surface area (Å²) < 4.78 is 37.5. The maximum Gasteiger partial charge on any atom is 0.416 e. The average Bonchev–Trinajstić information content (AvgIpc) is 2.13. The van der Waals surface area contributed by atoms with Gasteiger partial charge in [-0.25, -0.2) is 0 Å². The molecule has 1 aromatic carbocycles. The standard InChI is InChI=1S/C11H11ClF3NO2/c1-6(2-10(17)18)16-9-4-7(11(13,14)15)3-8(12)5-9/h3-6,16H,2H2,1H3,(H,17,18). The highest BCUT2D eigenvalue weighted by atomic mass is 35.5. The van der Waals surface area contributed by atoms with Gasteiger partial charge in [-0.05, 0) is 25.1 Å². The molecule has 2 N–H and O–H groups in total. The molecule has 0 aliphatic carbocycles. The quantitative estimate of drug-likeness (QED) is 0.886. The lowest BCUT2D eigenvalue weighted by atomic mass is 10.1. The largest absolute Gasteiger partial charge is 0.481 e. The Morgan fingerprint density at radius 2 is 2.06 bits per heavy atom. The molecule has 0 aliphatic rings. The Morgan fingerprint density at radius 3 is 2.56 bits per heavy atom. The fourth-order valence-corrected chi connectivity index (χ4v) is 1.67. The van der Waals surface area contributed by atoms with E-state index in [0.29, 0.717) is 0 Å². The molecule has 0 radical (unpaired) electrons. The number of carboxylic acid groups (broad SMARTS) is 1. The van der Waals surface area contributed by atoms with Crippen molar-refractivity contribution in [3.8, 4) is 0 Å². The molecule has 0 fully saturated rings. The Labute approximate surface area is 107 Å². The van der Waals surface area contributed by atoms with Crippen molar-refractivity contribution in [2.45, 2.75) is 25.6 Å². The van der Waals surface area contributed by atoms with Gasteiger partial charge in [0, 0.05) is 16.8 Å². The Kier molecular flexibility index (Phi) is 4.45. The zero-order chi connectivity index (χ0) is 13.9. The Balaban J connectivity index is 2.90. The lowest BCUT2D eigenvalue weighted by Crippen LogP contribution is -2.19. The summed E-state index contributed by atoms with van der Waals surface area (Å²) in [5.41, 5.74) is -0.733. The molecule has 1 rings (SSSR count). The van der Waals surface area contributed by atoms with Crippen molar-refractivity contribution in [2.24, 2.45) is 0 Å². The van der Waals surface area contributed by atoms with Gasteiger partial charge < -0.3 is 10.4 Å². The second-order valence-corrected chi connectivity index (χ2v) is 4.31. The summed E-state index contributed by atoms with van der Waals surface area (Å²) in [6.07, 6.45) is -4.69. The average molecular weight is 282 g/mol. The summed E-state index contributed by atoms with van der Waals surface area (Å²) in [7, 11) is 0. The van der Waals surface area contributed by atoms with Crippen LogP contribution in [0, 0.1) is 0 Å². The number of nitrogens with one attached hydrogen (secondary N) is 1. The third-order valence-corrected chi connectivity index (χ3v) is 2.34. The van der Waals surface area contributed by atoms with Gasteiger partial charge in [0.2, 0.25) is 0 Å². The topological polar surface area (TPSA) is 49.3 Å². The predicted octanol–water partition coefficient (Wildman–Crippen LogP) is 3.63. The first kappa shape index (κ1) is 14.6. The first-order chi connectivity index (χ1) is 8.18. The summed E-state index contributed by atoms with van der Waals surface area (Å²) in [5.74, 6) is -1.03. The Morgan fingerprint density at radius 1 is 1.44 bits per heavy atom. The first-order valence-electron chi connectivity index (χ1n) is 5.04. The van der Waals surface area contributed by atoms with E-state index in [1.807, 2.05) is 0 Å². The molecule has 1 atom stereocenters. The number of carbonyl (C=O) groups is 1. The van der Waals surface area contributed by atoms with Crippen LogP contribution in [0.2, 0.25) is 5.02 Å². The number of carboxylic acids is 1. The van der Waals surface area contributed by atoms with Gasteiger partial charge in [0.25, 0.3) is 0 Å². The summed E-state index contributed by atoms with van der Waals surface area (Å²) in [6.45, 7) is 1.56. The number of aliphatic carboxylic acids is 1. The number of alkyl halides is 3. The van der Waals surface area contributed by atoms with Crippen LogP contribution in [-0.2, 0) is 11.0 Å². The summed E-state index contributed by atoms with van der Waals surface area (Å²) in [5, 5.41) is 11.2. The van der Waals surface area contributed by atoms with Gasteiger partial charge in [-0.2, -0.15) is 13.2 Å². The van der Waals surface area contributed by atoms with Gasteiger partial charge in [0.05, 0.1) is 12.0 Å². The molecular weight excluding hydrogens is 271 g/mol. The fraction of sp³-hybridized carbons (Fsp3) is 0.364. The number of rotatable bonds is 4. The highest BCUT2D eigenvalue weighted by Crippen LogP contribution is 2.33. The van der Waals surface area contributed by atoms with Crippen LogP contribution in [0.4, 0.5) is 18.9 Å². The summed E-state index contributed by atoms with van der Waals surface area (Å²) in [4.78, 5) is 10.4. The minimum Gasteiger partial charge on any atom is -0.481 e. The second-order valence-electron chi connectivity index (χ2n) is 3.87. The van der Waals surface area contributed by atoms with Gasteiger partial charge >= 0.3 is 12.1 Å². The minimum atomic E-state index is -4.49. The zero-order valence-corrected chi connectivity index (χ0v) is 10.1. The number of hydrogen-bond donors (Lipinski definition) is 2. The van der Waals surface area contributed by atoms with Gasteiger partial charge in [-0.1, -0.05) is 11.6 Å². The third kappa shape index (κ3) is 4.44. The van der Waals surface area contributed by atoms with Crippen LogP contribution in [0.1, 0.15) is 18.9 Å². The van der Waals surface area contributed by atoms with Gasteiger partial charge in [0.15, 0.2) is 0 Å². The van der Waals surface area contributed by atoms with Crippen LogP contribution in [0.25, 0.3) is 0 Å². The number of halogens is 4. The molecular formula is C11H11ClF3NO2. The van der Waals surface area contributed by atoms with E-state index in [4.69, 9.17) is 16.7 Å². The van der Waals surface area contributed by atoms with Crippen molar-refractivity contribution < 1.29 is 23.1 Å². The van der Waals surface area contributed by atoms with Crippen LogP contribution in [0.15, 0.2) is 18.2 Å². The maximum atomic E-state index is 12.5. The molecule has 1 aromatic rings. The molecule has 0 saturated heterocycles. The van der Waals surface area contributed by atoms with E-state index in [0.717, 1.165) is 12.1 Å². The van der Waals surface area contributed by atoms with E-state index in [2.05, 4.69) is 5.32 Å². The van der Waals surface area contributed by atoms with E-state index in [1.165, 1.54) is 6.07 Å². The molecule has 18 heavy (non-hydrogen) atoms. The third-order valence-electron chi connectivity index (χ3n) is 2.12. The van der Waals surface area contributed by atoms with Gasteiger partial charge in [-0.3, -0.25) is 4.79 Å². The Bertz CT molecular complexity index is 448. The zero-order valence-electron chi connectivity index (χ0n) is 9.38. The van der Waals surface area contributed by atoms with Crippen molar-refractivity contribution in [1.29, 1.82) is 0 Å². The summed E-state index contributed by atoms with van der Waals surface area (Å²) >= 11 is 5.59. The molecule has 100 valence electrons. The number of anilines is 1. The van der Waals surface area contributed by atoms with Crippen molar-refractivity contribution in [2.75, 3.05) is 5.32 Å². The summed E-state index contributed by atoms with van der Waals surface area (Å²) in [6, 6.07) is 2.52. The van der Waals surface area contributed by atoms with E-state index in [9.17, 15) is 18.0 Å².